The zero-order valence-electron chi connectivity index (χ0n) is 12.1. The van der Waals surface area contributed by atoms with Crippen LogP contribution in [0.5, 0.6) is 0 Å². The van der Waals surface area contributed by atoms with E-state index in [0.717, 1.165) is 36.8 Å². The van der Waals surface area contributed by atoms with Crippen LogP contribution in [0, 0.1) is 0 Å². The van der Waals surface area contributed by atoms with E-state index in [2.05, 4.69) is 26.0 Å². The summed E-state index contributed by atoms with van der Waals surface area (Å²) in [6.45, 7) is 6.06. The van der Waals surface area contributed by atoms with Crippen LogP contribution in [-0.2, 0) is 9.59 Å². The fourth-order valence-electron chi connectivity index (χ4n) is 1.87. The molecule has 1 amide bonds. The van der Waals surface area contributed by atoms with Gasteiger partial charge in [0.2, 0.25) is 5.91 Å². The summed E-state index contributed by atoms with van der Waals surface area (Å²) in [7, 11) is 4.28. The van der Waals surface area contributed by atoms with Crippen LogP contribution in [0.3, 0.4) is 0 Å². The van der Waals surface area contributed by atoms with Gasteiger partial charge in [-0.15, -0.1) is 0 Å². The quantitative estimate of drug-likeness (QED) is 0.328. The van der Waals surface area contributed by atoms with E-state index in [1.165, 1.54) is 6.08 Å². The number of carbonyl (C=O) groups is 2. The number of hydrogen-bond acceptors (Lipinski definition) is 3. The number of quaternary nitrogens is 1. The Morgan fingerprint density at radius 1 is 1.16 bits per heavy atom. The lowest BCUT2D eigenvalue weighted by atomic mass is 10.2. The third kappa shape index (κ3) is 11.5. The van der Waals surface area contributed by atoms with Crippen molar-refractivity contribution >= 4 is 11.9 Å². The molecule has 0 fully saturated rings. The molecule has 0 saturated heterocycles. The number of nitrogens with zero attached hydrogens (tertiary/aromatic N) is 1. The highest BCUT2D eigenvalue weighted by atomic mass is 16.4. The third-order valence-electron chi connectivity index (χ3n) is 3.07. The number of hydrogen-bond donors (Lipinski definition) is 1. The smallest absolute Gasteiger partial charge is 0.243 e. The number of rotatable bonds is 11. The molecule has 0 heterocycles. The number of aliphatic carboxylic acids is 1. The maximum atomic E-state index is 10.9. The zero-order chi connectivity index (χ0) is 14.7. The predicted molar refractivity (Wildman–Crippen MR) is 73.1 cm³/mol. The van der Waals surface area contributed by atoms with Gasteiger partial charge in [0.25, 0.3) is 0 Å². The lowest BCUT2D eigenvalue weighted by molar-refractivity contribution is -0.890. The molecule has 0 aliphatic rings. The number of unbranched alkanes of at least 4 members (excludes halogenated alkanes) is 2. The normalized spacial score (nSPS) is 11.1. The molecule has 0 rings (SSSR count). The van der Waals surface area contributed by atoms with E-state index in [4.69, 9.17) is 0 Å². The van der Waals surface area contributed by atoms with Crippen LogP contribution >= 0.6 is 0 Å². The second-order valence-electron chi connectivity index (χ2n) is 5.41. The van der Waals surface area contributed by atoms with Gasteiger partial charge >= 0.3 is 0 Å². The van der Waals surface area contributed by atoms with Crippen LogP contribution in [0.25, 0.3) is 0 Å². The SMILES string of the molecule is C=CC(=O)NCCCC[N+](C)(C)CCCCC(=O)[O-]. The Hall–Kier alpha value is -1.36. The molecule has 0 saturated carbocycles. The van der Waals surface area contributed by atoms with E-state index in [0.29, 0.717) is 13.0 Å². The number of amides is 1. The molecule has 0 radical (unpaired) electrons. The molecule has 0 aliphatic heterocycles. The minimum Gasteiger partial charge on any atom is -0.550 e. The standard InChI is InChI=1S/C14H26N2O3/c1-4-13(17)15-10-6-8-12-16(2,3)11-7-5-9-14(18)19/h4H,1,5-12H2,2-3H3,(H-,15,17,18,19). The van der Waals surface area contributed by atoms with Crippen molar-refractivity contribution in [3.05, 3.63) is 12.7 Å². The Kier molecular flexibility index (Phi) is 8.87. The first-order chi connectivity index (χ1) is 8.87. The van der Waals surface area contributed by atoms with Gasteiger partial charge in [0, 0.05) is 12.5 Å². The summed E-state index contributed by atoms with van der Waals surface area (Å²) in [5.74, 6) is -1.10. The maximum absolute atomic E-state index is 10.9. The molecule has 0 aliphatic carbocycles. The molecule has 0 spiro atoms. The first kappa shape index (κ1) is 17.6. The molecule has 0 aromatic carbocycles. The highest BCUT2D eigenvalue weighted by Gasteiger charge is 2.13. The van der Waals surface area contributed by atoms with Crippen LogP contribution in [0.1, 0.15) is 32.1 Å². The van der Waals surface area contributed by atoms with Crippen molar-refractivity contribution < 1.29 is 19.2 Å². The van der Waals surface area contributed by atoms with E-state index < -0.39 is 5.97 Å². The van der Waals surface area contributed by atoms with Crippen LogP contribution in [0.2, 0.25) is 0 Å². The second kappa shape index (κ2) is 9.55. The highest BCUT2D eigenvalue weighted by Crippen LogP contribution is 2.06. The van der Waals surface area contributed by atoms with Gasteiger partial charge in [-0.25, -0.2) is 0 Å². The van der Waals surface area contributed by atoms with Gasteiger partial charge in [-0.3, -0.25) is 4.79 Å². The van der Waals surface area contributed by atoms with Crippen molar-refractivity contribution in [3.8, 4) is 0 Å². The van der Waals surface area contributed by atoms with E-state index in [1.807, 2.05) is 0 Å². The first-order valence-electron chi connectivity index (χ1n) is 6.79. The first-order valence-corrected chi connectivity index (χ1v) is 6.79. The number of carboxylic acid groups (broad SMARTS) is 1. The van der Waals surface area contributed by atoms with E-state index in [-0.39, 0.29) is 12.3 Å². The largest absolute Gasteiger partial charge is 0.550 e. The van der Waals surface area contributed by atoms with Gasteiger partial charge in [0.05, 0.1) is 27.2 Å². The van der Waals surface area contributed by atoms with Crippen molar-refractivity contribution in [2.75, 3.05) is 33.7 Å². The molecule has 0 aromatic rings. The minimum absolute atomic E-state index is 0.129. The van der Waals surface area contributed by atoms with E-state index in [1.54, 1.807) is 0 Å². The van der Waals surface area contributed by atoms with Crippen molar-refractivity contribution in [3.63, 3.8) is 0 Å². The molecular formula is C14H26N2O3. The fourth-order valence-corrected chi connectivity index (χ4v) is 1.87. The molecule has 19 heavy (non-hydrogen) atoms. The molecule has 0 aromatic heterocycles. The van der Waals surface area contributed by atoms with E-state index >= 15 is 0 Å². The Balaban J connectivity index is 3.58. The van der Waals surface area contributed by atoms with Crippen LogP contribution in [-0.4, -0.2) is 50.1 Å². The zero-order valence-corrected chi connectivity index (χ0v) is 12.1. The molecule has 5 heteroatoms. The summed E-state index contributed by atoms with van der Waals surface area (Å²) in [4.78, 5) is 21.2. The summed E-state index contributed by atoms with van der Waals surface area (Å²) >= 11 is 0. The van der Waals surface area contributed by atoms with Gasteiger partial charge in [-0.05, 0) is 38.2 Å². The molecule has 0 atom stereocenters. The van der Waals surface area contributed by atoms with Crippen LogP contribution in [0.15, 0.2) is 12.7 Å². The van der Waals surface area contributed by atoms with Gasteiger partial charge in [-0.2, -0.15) is 0 Å². The summed E-state index contributed by atoms with van der Waals surface area (Å²) in [6, 6.07) is 0. The Morgan fingerprint density at radius 2 is 1.74 bits per heavy atom. The predicted octanol–water partition coefficient (Wildman–Crippen LogP) is 0.0654. The number of carboxylic acids is 1. The molecule has 110 valence electrons. The van der Waals surface area contributed by atoms with Crippen LogP contribution in [0.4, 0.5) is 0 Å². The molecule has 0 unspecified atom stereocenters. The lowest BCUT2D eigenvalue weighted by Gasteiger charge is -2.30. The summed E-state index contributed by atoms with van der Waals surface area (Å²) < 4.78 is 0.877. The maximum Gasteiger partial charge on any atom is 0.243 e. The lowest BCUT2D eigenvalue weighted by Crippen LogP contribution is -2.41. The topological polar surface area (TPSA) is 69.2 Å². The summed E-state index contributed by atoms with van der Waals surface area (Å²) in [6.07, 6.45) is 4.98. The fraction of sp³-hybridized carbons (Fsp3) is 0.714. The highest BCUT2D eigenvalue weighted by molar-refractivity contribution is 5.86. The van der Waals surface area contributed by atoms with Crippen molar-refractivity contribution in [1.29, 1.82) is 0 Å². The Morgan fingerprint density at radius 3 is 2.26 bits per heavy atom. The average Bonchev–Trinajstić information content (AvgIpc) is 2.33. The van der Waals surface area contributed by atoms with E-state index in [9.17, 15) is 14.7 Å². The molecule has 1 N–H and O–H groups in total. The number of carbonyl (C=O) groups excluding carboxylic acids is 2. The molecular weight excluding hydrogens is 244 g/mol. The van der Waals surface area contributed by atoms with Crippen molar-refractivity contribution in [2.24, 2.45) is 0 Å². The summed E-state index contributed by atoms with van der Waals surface area (Å²) in [5.41, 5.74) is 0. The van der Waals surface area contributed by atoms with Gasteiger partial charge in [0.1, 0.15) is 0 Å². The average molecular weight is 270 g/mol. The van der Waals surface area contributed by atoms with Gasteiger partial charge in [-0.1, -0.05) is 6.58 Å². The molecule has 5 nitrogen and oxygen atoms in total. The second-order valence-corrected chi connectivity index (χ2v) is 5.41. The Labute approximate surface area is 115 Å². The number of nitrogens with one attached hydrogen (secondary N) is 1. The minimum atomic E-state index is -0.969. The monoisotopic (exact) mass is 270 g/mol. The van der Waals surface area contributed by atoms with Crippen LogP contribution < -0.4 is 10.4 Å². The Bertz CT molecular complexity index is 301. The van der Waals surface area contributed by atoms with Crippen molar-refractivity contribution in [2.45, 2.75) is 32.1 Å². The van der Waals surface area contributed by atoms with Gasteiger partial charge in [0.15, 0.2) is 0 Å². The van der Waals surface area contributed by atoms with Crippen molar-refractivity contribution in [1.82, 2.24) is 5.32 Å². The van der Waals surface area contributed by atoms with Gasteiger partial charge < -0.3 is 19.7 Å². The molecule has 0 bridgehead atoms. The third-order valence-corrected chi connectivity index (χ3v) is 3.07. The summed E-state index contributed by atoms with van der Waals surface area (Å²) in [5, 5.41) is 13.0.